The van der Waals surface area contributed by atoms with Gasteiger partial charge in [-0.15, -0.1) is 0 Å². The molecule has 0 bridgehead atoms. The number of nitrogens with one attached hydrogen (secondary N) is 1. The van der Waals surface area contributed by atoms with Crippen molar-refractivity contribution >= 4 is 5.69 Å². The maximum atomic E-state index is 5.70. The first kappa shape index (κ1) is 13.4. The quantitative estimate of drug-likeness (QED) is 0.866. The third-order valence-corrected chi connectivity index (χ3v) is 3.43. The summed E-state index contributed by atoms with van der Waals surface area (Å²) < 4.78 is 5.70. The first-order valence-corrected chi connectivity index (χ1v) is 6.84. The zero-order chi connectivity index (χ0) is 12.8. The molecule has 1 saturated heterocycles. The van der Waals surface area contributed by atoms with E-state index in [-0.39, 0.29) is 0 Å². The summed E-state index contributed by atoms with van der Waals surface area (Å²) in [6, 6.07) is 8.69. The fourth-order valence-corrected chi connectivity index (χ4v) is 2.26. The first-order chi connectivity index (χ1) is 8.75. The van der Waals surface area contributed by atoms with Crippen LogP contribution in [-0.2, 0) is 11.3 Å². The Morgan fingerprint density at radius 2 is 2.00 bits per heavy atom. The standard InChI is InChI=1S/C15H24N2O/c1-17(2)14-8-6-13(7-9-14)11-16-12-15-5-3-4-10-18-15/h6-9,15-16H,3-5,10-12H2,1-2H3. The van der Waals surface area contributed by atoms with Gasteiger partial charge in [0.15, 0.2) is 0 Å². The van der Waals surface area contributed by atoms with Crippen LogP contribution in [0.5, 0.6) is 0 Å². The molecule has 1 unspecified atom stereocenters. The van der Waals surface area contributed by atoms with Crippen LogP contribution in [-0.4, -0.2) is 33.4 Å². The molecule has 0 amide bonds. The van der Waals surface area contributed by atoms with Crippen LogP contribution in [0.1, 0.15) is 24.8 Å². The minimum atomic E-state index is 0.416. The zero-order valence-electron chi connectivity index (χ0n) is 11.5. The topological polar surface area (TPSA) is 24.5 Å². The van der Waals surface area contributed by atoms with E-state index in [0.29, 0.717) is 6.10 Å². The van der Waals surface area contributed by atoms with Gasteiger partial charge in [0, 0.05) is 39.5 Å². The SMILES string of the molecule is CN(C)c1ccc(CNCC2CCCCO2)cc1. The van der Waals surface area contributed by atoms with E-state index in [1.807, 2.05) is 0 Å². The van der Waals surface area contributed by atoms with Crippen LogP contribution in [0.25, 0.3) is 0 Å². The summed E-state index contributed by atoms with van der Waals surface area (Å²) in [5, 5.41) is 3.48. The number of benzene rings is 1. The van der Waals surface area contributed by atoms with E-state index in [2.05, 4.69) is 48.6 Å². The van der Waals surface area contributed by atoms with Crippen molar-refractivity contribution in [2.24, 2.45) is 0 Å². The van der Waals surface area contributed by atoms with Gasteiger partial charge in [-0.1, -0.05) is 12.1 Å². The van der Waals surface area contributed by atoms with Crippen LogP contribution >= 0.6 is 0 Å². The molecule has 100 valence electrons. The molecule has 3 nitrogen and oxygen atoms in total. The van der Waals surface area contributed by atoms with Crippen LogP contribution < -0.4 is 10.2 Å². The summed E-state index contributed by atoms with van der Waals surface area (Å²) in [5.41, 5.74) is 2.57. The molecule has 18 heavy (non-hydrogen) atoms. The lowest BCUT2D eigenvalue weighted by Gasteiger charge is -2.22. The number of anilines is 1. The van der Waals surface area contributed by atoms with Crippen molar-refractivity contribution in [1.82, 2.24) is 5.32 Å². The number of rotatable bonds is 5. The van der Waals surface area contributed by atoms with Gasteiger partial charge in [-0.25, -0.2) is 0 Å². The van der Waals surface area contributed by atoms with E-state index in [4.69, 9.17) is 4.74 Å². The maximum Gasteiger partial charge on any atom is 0.0699 e. The van der Waals surface area contributed by atoms with Crippen molar-refractivity contribution < 1.29 is 4.74 Å². The Morgan fingerprint density at radius 1 is 1.22 bits per heavy atom. The molecule has 1 aromatic rings. The number of nitrogens with zero attached hydrogens (tertiary/aromatic N) is 1. The molecule has 1 atom stereocenters. The summed E-state index contributed by atoms with van der Waals surface area (Å²) >= 11 is 0. The summed E-state index contributed by atoms with van der Waals surface area (Å²) in [6.07, 6.45) is 4.15. The monoisotopic (exact) mass is 248 g/mol. The largest absolute Gasteiger partial charge is 0.378 e. The van der Waals surface area contributed by atoms with E-state index in [1.165, 1.54) is 30.5 Å². The Hall–Kier alpha value is -1.06. The minimum Gasteiger partial charge on any atom is -0.378 e. The molecule has 0 aromatic heterocycles. The van der Waals surface area contributed by atoms with Gasteiger partial charge in [0.25, 0.3) is 0 Å². The summed E-state index contributed by atoms with van der Waals surface area (Å²) in [4.78, 5) is 2.12. The molecule has 0 spiro atoms. The van der Waals surface area contributed by atoms with Crippen LogP contribution in [0.3, 0.4) is 0 Å². The van der Waals surface area contributed by atoms with Gasteiger partial charge in [0.2, 0.25) is 0 Å². The van der Waals surface area contributed by atoms with Crippen molar-refractivity contribution in [3.8, 4) is 0 Å². The van der Waals surface area contributed by atoms with Crippen LogP contribution in [0.4, 0.5) is 5.69 Å². The smallest absolute Gasteiger partial charge is 0.0699 e. The van der Waals surface area contributed by atoms with Crippen molar-refractivity contribution in [1.29, 1.82) is 0 Å². The highest BCUT2D eigenvalue weighted by Gasteiger charge is 2.12. The average molecular weight is 248 g/mol. The molecule has 1 heterocycles. The highest BCUT2D eigenvalue weighted by Crippen LogP contribution is 2.13. The van der Waals surface area contributed by atoms with Crippen LogP contribution in [0, 0.1) is 0 Å². The van der Waals surface area contributed by atoms with E-state index in [0.717, 1.165) is 19.7 Å². The maximum absolute atomic E-state index is 5.70. The Labute approximate surface area is 110 Å². The number of hydrogen-bond acceptors (Lipinski definition) is 3. The second-order valence-electron chi connectivity index (χ2n) is 5.18. The lowest BCUT2D eigenvalue weighted by molar-refractivity contribution is 0.0168. The highest BCUT2D eigenvalue weighted by molar-refractivity contribution is 5.45. The predicted molar refractivity (Wildman–Crippen MR) is 76.1 cm³/mol. The van der Waals surface area contributed by atoms with Crippen LogP contribution in [0.2, 0.25) is 0 Å². The fraction of sp³-hybridized carbons (Fsp3) is 0.600. The molecule has 1 aliphatic heterocycles. The Kier molecular flexibility index (Phi) is 5.02. The lowest BCUT2D eigenvalue weighted by atomic mass is 10.1. The molecular formula is C15H24N2O. The molecule has 0 aliphatic carbocycles. The van der Waals surface area contributed by atoms with E-state index >= 15 is 0 Å². The second kappa shape index (κ2) is 6.76. The molecule has 0 radical (unpaired) electrons. The van der Waals surface area contributed by atoms with Gasteiger partial charge >= 0.3 is 0 Å². The number of ether oxygens (including phenoxy) is 1. The van der Waals surface area contributed by atoms with Gasteiger partial charge in [-0.3, -0.25) is 0 Å². The van der Waals surface area contributed by atoms with Crippen molar-refractivity contribution in [2.75, 3.05) is 32.1 Å². The summed E-state index contributed by atoms with van der Waals surface area (Å²) in [7, 11) is 4.13. The van der Waals surface area contributed by atoms with Crippen molar-refractivity contribution in [3.63, 3.8) is 0 Å². The Bertz CT molecular complexity index is 342. The van der Waals surface area contributed by atoms with Crippen molar-refractivity contribution in [3.05, 3.63) is 29.8 Å². The molecule has 0 saturated carbocycles. The van der Waals surface area contributed by atoms with Gasteiger partial charge in [-0.2, -0.15) is 0 Å². The van der Waals surface area contributed by atoms with Gasteiger partial charge in [-0.05, 0) is 37.0 Å². The average Bonchev–Trinajstić information content (AvgIpc) is 2.40. The Morgan fingerprint density at radius 3 is 2.61 bits per heavy atom. The van der Waals surface area contributed by atoms with Gasteiger partial charge < -0.3 is 15.0 Å². The summed E-state index contributed by atoms with van der Waals surface area (Å²) in [6.45, 7) is 2.83. The first-order valence-electron chi connectivity index (χ1n) is 6.84. The Balaban J connectivity index is 1.72. The van der Waals surface area contributed by atoms with Crippen molar-refractivity contribution in [2.45, 2.75) is 31.9 Å². The fourth-order valence-electron chi connectivity index (χ4n) is 2.26. The normalized spacial score (nSPS) is 19.8. The molecule has 3 heteroatoms. The van der Waals surface area contributed by atoms with E-state index in [9.17, 15) is 0 Å². The predicted octanol–water partition coefficient (Wildman–Crippen LogP) is 2.41. The van der Waals surface area contributed by atoms with E-state index in [1.54, 1.807) is 0 Å². The lowest BCUT2D eigenvalue weighted by Crippen LogP contribution is -2.31. The second-order valence-corrected chi connectivity index (χ2v) is 5.18. The molecular weight excluding hydrogens is 224 g/mol. The zero-order valence-corrected chi connectivity index (χ0v) is 11.5. The molecule has 1 aromatic carbocycles. The third kappa shape index (κ3) is 4.00. The molecule has 1 fully saturated rings. The molecule has 2 rings (SSSR count). The highest BCUT2D eigenvalue weighted by atomic mass is 16.5. The summed E-state index contributed by atoms with van der Waals surface area (Å²) in [5.74, 6) is 0. The van der Waals surface area contributed by atoms with Crippen LogP contribution in [0.15, 0.2) is 24.3 Å². The van der Waals surface area contributed by atoms with Gasteiger partial charge in [0.05, 0.1) is 6.10 Å². The van der Waals surface area contributed by atoms with E-state index < -0.39 is 0 Å². The molecule has 1 aliphatic rings. The third-order valence-electron chi connectivity index (χ3n) is 3.43. The van der Waals surface area contributed by atoms with Gasteiger partial charge in [0.1, 0.15) is 0 Å². The molecule has 1 N–H and O–H groups in total. The number of hydrogen-bond donors (Lipinski definition) is 1. The minimum absolute atomic E-state index is 0.416.